The molecule has 3 fully saturated rings. The molecule has 2 bridgehead atoms. The van der Waals surface area contributed by atoms with Crippen LogP contribution >= 0.6 is 27.5 Å². The number of nitrogens with zero attached hydrogens (tertiary/aromatic N) is 1. The zero-order valence-electron chi connectivity index (χ0n) is 15.5. The van der Waals surface area contributed by atoms with E-state index in [2.05, 4.69) is 33.4 Å². The summed E-state index contributed by atoms with van der Waals surface area (Å²) in [6, 6.07) is 2.62. The smallest absolute Gasteiger partial charge is 0.247 e. The maximum absolute atomic E-state index is 13.1. The van der Waals surface area contributed by atoms with Gasteiger partial charge in [0.1, 0.15) is 6.04 Å². The van der Waals surface area contributed by atoms with Crippen molar-refractivity contribution < 1.29 is 14.4 Å². The first kappa shape index (κ1) is 18.4. The molecule has 2 saturated carbocycles. The van der Waals surface area contributed by atoms with Crippen LogP contribution in [0.5, 0.6) is 0 Å². The molecule has 7 heteroatoms. The normalized spacial score (nSPS) is 35.6. The van der Waals surface area contributed by atoms with Crippen LogP contribution in [0.1, 0.15) is 18.9 Å². The third-order valence-electron chi connectivity index (χ3n) is 6.99. The predicted molar refractivity (Wildman–Crippen MR) is 109 cm³/mol. The van der Waals surface area contributed by atoms with Crippen molar-refractivity contribution in [2.75, 3.05) is 5.32 Å². The Kier molecular flexibility index (Phi) is 4.05. The molecule has 28 heavy (non-hydrogen) atoms. The van der Waals surface area contributed by atoms with E-state index in [1.165, 1.54) is 4.90 Å². The summed E-state index contributed by atoms with van der Waals surface area (Å²) >= 11 is 9.50. The Hall–Kier alpha value is -1.66. The monoisotopic (exact) mass is 462 g/mol. The summed E-state index contributed by atoms with van der Waals surface area (Å²) in [6.45, 7) is 3.48. The van der Waals surface area contributed by atoms with Crippen molar-refractivity contribution in [3.05, 3.63) is 39.3 Å². The number of carbonyl (C=O) groups is 3. The molecule has 0 spiro atoms. The van der Waals surface area contributed by atoms with Gasteiger partial charge in [-0.2, -0.15) is 0 Å². The molecule has 1 aromatic rings. The Morgan fingerprint density at radius 2 is 1.75 bits per heavy atom. The third-order valence-corrected chi connectivity index (χ3v) is 8.19. The van der Waals surface area contributed by atoms with E-state index in [1.807, 2.05) is 13.0 Å². The van der Waals surface area contributed by atoms with Gasteiger partial charge in [0, 0.05) is 10.2 Å². The van der Waals surface area contributed by atoms with Gasteiger partial charge in [0.25, 0.3) is 0 Å². The first-order valence-electron chi connectivity index (χ1n) is 9.61. The van der Waals surface area contributed by atoms with Crippen LogP contribution in [0.2, 0.25) is 5.02 Å². The lowest BCUT2D eigenvalue weighted by Gasteiger charge is -2.37. The van der Waals surface area contributed by atoms with E-state index in [0.29, 0.717) is 22.5 Å². The SMILES string of the molecule is Cc1cc(Br)c(Cl)cc1NC(=O)[C@@H](C)N1C(=O)[C@H]2[C@@H]3C=C[C@H]([C@H]4C[C@H]34)[C@@H]2C1=O. The van der Waals surface area contributed by atoms with E-state index >= 15 is 0 Å². The number of carbonyl (C=O) groups excluding carboxylic acids is 3. The molecule has 146 valence electrons. The van der Waals surface area contributed by atoms with Crippen LogP contribution in [0.3, 0.4) is 0 Å². The fraction of sp³-hybridized carbons (Fsp3) is 0.476. The number of hydrogen-bond acceptors (Lipinski definition) is 3. The third kappa shape index (κ3) is 2.47. The molecule has 6 rings (SSSR count). The Morgan fingerprint density at radius 1 is 1.18 bits per heavy atom. The average molecular weight is 464 g/mol. The van der Waals surface area contributed by atoms with Crippen molar-refractivity contribution in [2.45, 2.75) is 26.3 Å². The largest absolute Gasteiger partial charge is 0.324 e. The van der Waals surface area contributed by atoms with Gasteiger partial charge < -0.3 is 5.32 Å². The molecule has 0 radical (unpaired) electrons. The lowest BCUT2D eigenvalue weighted by Crippen LogP contribution is -2.46. The van der Waals surface area contributed by atoms with Crippen LogP contribution in [0.25, 0.3) is 0 Å². The zero-order valence-corrected chi connectivity index (χ0v) is 17.8. The Labute approximate surface area is 176 Å². The fourth-order valence-corrected chi connectivity index (χ4v) is 6.12. The first-order chi connectivity index (χ1) is 13.3. The molecule has 0 aromatic heterocycles. The lowest BCUT2D eigenvalue weighted by atomic mass is 9.63. The predicted octanol–water partition coefficient (Wildman–Crippen LogP) is 3.79. The molecule has 7 atom stereocenters. The minimum atomic E-state index is -0.858. The van der Waals surface area contributed by atoms with Crippen LogP contribution < -0.4 is 5.32 Å². The number of likely N-dealkylation sites (tertiary alicyclic amines) is 1. The summed E-state index contributed by atoms with van der Waals surface area (Å²) in [5, 5.41) is 3.31. The molecular weight excluding hydrogens is 444 g/mol. The van der Waals surface area contributed by atoms with Gasteiger partial charge >= 0.3 is 0 Å². The van der Waals surface area contributed by atoms with E-state index < -0.39 is 6.04 Å². The summed E-state index contributed by atoms with van der Waals surface area (Å²) in [5.41, 5.74) is 1.41. The van der Waals surface area contributed by atoms with Crippen molar-refractivity contribution in [2.24, 2.45) is 35.5 Å². The molecule has 1 N–H and O–H groups in total. The van der Waals surface area contributed by atoms with Crippen molar-refractivity contribution >= 4 is 50.9 Å². The highest BCUT2D eigenvalue weighted by molar-refractivity contribution is 9.10. The minimum Gasteiger partial charge on any atom is -0.324 e. The summed E-state index contributed by atoms with van der Waals surface area (Å²) < 4.78 is 0.744. The van der Waals surface area contributed by atoms with Gasteiger partial charge in [0.15, 0.2) is 0 Å². The summed E-state index contributed by atoms with van der Waals surface area (Å²) in [5.74, 6) is 0.0756. The van der Waals surface area contributed by atoms with Crippen LogP contribution in [0.4, 0.5) is 5.69 Å². The van der Waals surface area contributed by atoms with E-state index in [1.54, 1.807) is 13.0 Å². The maximum atomic E-state index is 13.1. The first-order valence-corrected chi connectivity index (χ1v) is 10.8. The highest BCUT2D eigenvalue weighted by Gasteiger charge is 2.67. The van der Waals surface area contributed by atoms with Crippen LogP contribution in [0.15, 0.2) is 28.8 Å². The van der Waals surface area contributed by atoms with E-state index in [9.17, 15) is 14.4 Å². The number of nitrogens with one attached hydrogen (secondary N) is 1. The Balaban J connectivity index is 1.38. The molecular formula is C21H20BrClN2O3. The second-order valence-electron chi connectivity index (χ2n) is 8.45. The molecule has 1 aromatic carbocycles. The van der Waals surface area contributed by atoms with Crippen molar-refractivity contribution in [3.8, 4) is 0 Å². The van der Waals surface area contributed by atoms with E-state index in [0.717, 1.165) is 16.5 Å². The molecule has 3 amide bonds. The number of rotatable bonds is 3. The number of hydrogen-bond donors (Lipinski definition) is 1. The zero-order chi connectivity index (χ0) is 19.9. The summed E-state index contributed by atoms with van der Waals surface area (Å²) in [4.78, 5) is 40.3. The second-order valence-corrected chi connectivity index (χ2v) is 9.71. The van der Waals surface area contributed by atoms with Crippen molar-refractivity contribution in [1.82, 2.24) is 4.90 Å². The van der Waals surface area contributed by atoms with Gasteiger partial charge in [0.2, 0.25) is 17.7 Å². The van der Waals surface area contributed by atoms with Crippen LogP contribution in [-0.4, -0.2) is 28.7 Å². The van der Waals surface area contributed by atoms with Gasteiger partial charge in [0.05, 0.1) is 16.9 Å². The average Bonchev–Trinajstić information content (AvgIpc) is 3.43. The Morgan fingerprint density at radius 3 is 2.32 bits per heavy atom. The number of aryl methyl sites for hydroxylation is 1. The summed E-state index contributed by atoms with van der Waals surface area (Å²) in [6.07, 6.45) is 5.38. The van der Waals surface area contributed by atoms with Crippen molar-refractivity contribution in [3.63, 3.8) is 0 Å². The molecule has 4 aliphatic carbocycles. The second kappa shape index (κ2) is 6.17. The maximum Gasteiger partial charge on any atom is 0.247 e. The summed E-state index contributed by atoms with van der Waals surface area (Å²) in [7, 11) is 0. The van der Waals surface area contributed by atoms with E-state index in [-0.39, 0.29) is 41.4 Å². The van der Waals surface area contributed by atoms with Crippen molar-refractivity contribution in [1.29, 1.82) is 0 Å². The highest BCUT2D eigenvalue weighted by Crippen LogP contribution is 2.65. The lowest BCUT2D eigenvalue weighted by molar-refractivity contribution is -0.146. The quantitative estimate of drug-likeness (QED) is 0.548. The van der Waals surface area contributed by atoms with Gasteiger partial charge in [-0.15, -0.1) is 0 Å². The number of imide groups is 1. The highest BCUT2D eigenvalue weighted by atomic mass is 79.9. The standard InChI is InChI=1S/C21H20BrClN2O3/c1-8-5-14(22)15(23)7-16(8)24-19(26)9(2)25-20(27)17-10-3-4-11(13-6-12(10)13)18(17)21(25)28/h3-5,7,9-13,17-18H,6H2,1-2H3,(H,24,26)/t9-,10-,11-,12-,13-,17+,18+/m1/s1. The van der Waals surface area contributed by atoms with Gasteiger partial charge in [-0.25, -0.2) is 0 Å². The van der Waals surface area contributed by atoms with Crippen LogP contribution in [0, 0.1) is 42.4 Å². The number of benzene rings is 1. The Bertz CT molecular complexity index is 925. The topological polar surface area (TPSA) is 66.5 Å². The van der Waals surface area contributed by atoms with Gasteiger partial charge in [-0.1, -0.05) is 23.8 Å². The number of anilines is 1. The molecule has 5 nitrogen and oxygen atoms in total. The van der Waals surface area contributed by atoms with Crippen LogP contribution in [-0.2, 0) is 14.4 Å². The van der Waals surface area contributed by atoms with Gasteiger partial charge in [-0.3, -0.25) is 19.3 Å². The molecule has 1 heterocycles. The van der Waals surface area contributed by atoms with E-state index in [4.69, 9.17) is 11.6 Å². The number of amides is 3. The molecule has 1 saturated heterocycles. The van der Waals surface area contributed by atoms with Gasteiger partial charge in [-0.05, 0) is 77.6 Å². The number of allylic oxidation sites excluding steroid dienone is 2. The number of halogens is 2. The minimum absolute atomic E-state index is 0.157. The molecule has 5 aliphatic rings. The molecule has 1 aliphatic heterocycles. The fourth-order valence-electron chi connectivity index (χ4n) is 5.50. The molecule has 0 unspecified atom stereocenters.